The maximum Gasteiger partial charge on any atom is 2.00 e. The molecule has 1 heterocycles. The minimum Gasteiger partial charge on any atom is -0.661 e. The van der Waals surface area contributed by atoms with E-state index < -0.39 is 11.9 Å². The first-order valence-electron chi connectivity index (χ1n) is 7.69. The van der Waals surface area contributed by atoms with Crippen LogP contribution in [-0.2, 0) is 43.7 Å². The molecule has 24 heavy (non-hydrogen) atoms. The van der Waals surface area contributed by atoms with E-state index in [2.05, 4.69) is 10.6 Å². The van der Waals surface area contributed by atoms with E-state index in [1.54, 1.807) is 0 Å². The van der Waals surface area contributed by atoms with Crippen molar-refractivity contribution in [2.75, 3.05) is 65.4 Å². The number of nitrogens with zero attached hydrogens (tertiary/aromatic N) is 4. The van der Waals surface area contributed by atoms with Gasteiger partial charge in [-0.1, -0.05) is 12.8 Å². The zero-order valence-corrected chi connectivity index (χ0v) is 15.4. The fourth-order valence-electron chi connectivity index (χ4n) is 2.37. The second kappa shape index (κ2) is 16.3. The molecule has 0 atom stereocenters. The van der Waals surface area contributed by atoms with Crippen LogP contribution in [0.3, 0.4) is 0 Å². The molecule has 1 saturated heterocycles. The third kappa shape index (κ3) is 14.2. The molecule has 0 aromatic carbocycles. The number of hydrogen-bond donors (Lipinski definition) is 0. The van der Waals surface area contributed by atoms with Gasteiger partial charge in [0.1, 0.15) is 0 Å². The zero-order chi connectivity index (χ0) is 16.2. The molecule has 0 N–H and O–H groups in total. The Hall–Kier alpha value is -0.181. The Labute approximate surface area is 164 Å². The minimum atomic E-state index is -1.07. The van der Waals surface area contributed by atoms with Gasteiger partial charge >= 0.3 is 34.1 Å². The fraction of sp³-hybridized carbons (Fsp3) is 0.857. The summed E-state index contributed by atoms with van der Waals surface area (Å²) in [5.74, 6) is -2.15. The second-order valence-corrected chi connectivity index (χ2v) is 5.35. The van der Waals surface area contributed by atoms with Crippen LogP contribution < -0.4 is 10.2 Å². The molecular formula is C14H24Cu2N4O4. The first kappa shape index (κ1) is 26.1. The average Bonchev–Trinajstić information content (AvgIpc) is 2.43. The summed E-state index contributed by atoms with van der Waals surface area (Å²) >= 11 is 0. The molecule has 1 aliphatic rings. The molecule has 1 fully saturated rings. The zero-order valence-electron chi connectivity index (χ0n) is 13.5. The van der Waals surface area contributed by atoms with Gasteiger partial charge in [0.15, 0.2) is 0 Å². The van der Waals surface area contributed by atoms with Crippen LogP contribution >= 0.6 is 0 Å². The predicted molar refractivity (Wildman–Crippen MR) is 78.3 cm³/mol. The van der Waals surface area contributed by atoms with Gasteiger partial charge in [-0.2, -0.15) is 0 Å². The molecule has 1 rings (SSSR count). The van der Waals surface area contributed by atoms with Crippen molar-refractivity contribution in [1.82, 2.24) is 9.80 Å². The topological polar surface area (TPSA) is 115 Å². The number of hydrogen-bond acceptors (Lipinski definition) is 6. The first-order valence-corrected chi connectivity index (χ1v) is 7.69. The average molecular weight is 440 g/mol. The van der Waals surface area contributed by atoms with Crippen LogP contribution in [0.4, 0.5) is 0 Å². The minimum absolute atomic E-state index is 0. The van der Waals surface area contributed by atoms with Gasteiger partial charge in [0.2, 0.25) is 0 Å². The molecule has 8 nitrogen and oxygen atoms in total. The summed E-state index contributed by atoms with van der Waals surface area (Å²) in [5, 5.41) is 30.1. The van der Waals surface area contributed by atoms with Gasteiger partial charge in [-0.05, 0) is 26.2 Å². The van der Waals surface area contributed by atoms with Crippen molar-refractivity contribution in [1.29, 1.82) is 0 Å². The molecule has 1 aliphatic heterocycles. The quantitative estimate of drug-likeness (QED) is 0.452. The summed E-state index contributed by atoms with van der Waals surface area (Å²) in [4.78, 5) is 25.0. The largest absolute Gasteiger partial charge is 2.00 e. The summed E-state index contributed by atoms with van der Waals surface area (Å²) in [6, 6.07) is 0. The van der Waals surface area contributed by atoms with Crippen molar-refractivity contribution >= 4 is 11.9 Å². The Morgan fingerprint density at radius 2 is 1.08 bits per heavy atom. The van der Waals surface area contributed by atoms with Crippen molar-refractivity contribution in [3.8, 4) is 0 Å². The maximum absolute atomic E-state index is 10.7. The maximum atomic E-state index is 10.7. The third-order valence-electron chi connectivity index (χ3n) is 3.44. The summed E-state index contributed by atoms with van der Waals surface area (Å²) in [6.45, 7) is 4.76. The van der Waals surface area contributed by atoms with Crippen LogP contribution in [0.5, 0.6) is 0 Å². The number of carboxylic acid groups (broad SMARTS) is 2. The van der Waals surface area contributed by atoms with Gasteiger partial charge in [0.25, 0.3) is 0 Å². The van der Waals surface area contributed by atoms with E-state index in [0.29, 0.717) is 52.4 Å². The predicted octanol–water partition coefficient (Wildman–Crippen LogP) is -2.37. The van der Waals surface area contributed by atoms with Crippen molar-refractivity contribution in [2.24, 2.45) is 0 Å². The smallest absolute Gasteiger partial charge is 0.661 e. The Morgan fingerprint density at radius 3 is 1.42 bits per heavy atom. The molecule has 0 saturated carbocycles. The van der Waals surface area contributed by atoms with E-state index in [9.17, 15) is 19.8 Å². The Kier molecular flexibility index (Phi) is 17.7. The van der Waals surface area contributed by atoms with Gasteiger partial charge < -0.3 is 30.4 Å². The molecule has 10 heteroatoms. The van der Waals surface area contributed by atoms with Crippen LogP contribution in [0.25, 0.3) is 10.6 Å². The van der Waals surface area contributed by atoms with Crippen molar-refractivity contribution in [2.45, 2.75) is 12.8 Å². The van der Waals surface area contributed by atoms with E-state index in [1.807, 2.05) is 9.80 Å². The third-order valence-corrected chi connectivity index (χ3v) is 3.44. The van der Waals surface area contributed by atoms with Crippen molar-refractivity contribution in [3.63, 3.8) is 0 Å². The number of aliphatic carboxylic acids is 2. The Bertz CT molecular complexity index is 303. The van der Waals surface area contributed by atoms with Gasteiger partial charge in [0.05, 0.1) is 11.9 Å². The van der Waals surface area contributed by atoms with Gasteiger partial charge in [-0.25, -0.2) is 0 Å². The molecule has 0 bridgehead atoms. The Balaban J connectivity index is 0. The molecular weight excluding hydrogens is 416 g/mol. The molecule has 0 aromatic rings. The van der Waals surface area contributed by atoms with Crippen LogP contribution in [-0.4, -0.2) is 87.2 Å². The van der Waals surface area contributed by atoms with Crippen molar-refractivity contribution < 1.29 is 53.9 Å². The molecule has 0 spiro atoms. The molecule has 0 aromatic heterocycles. The van der Waals surface area contributed by atoms with Crippen LogP contribution in [0.15, 0.2) is 0 Å². The summed E-state index contributed by atoms with van der Waals surface area (Å²) in [5.41, 5.74) is 0. The molecule has 2 radical (unpaired) electrons. The Morgan fingerprint density at radius 1 is 0.708 bits per heavy atom. The first-order chi connectivity index (χ1) is 10.6. The van der Waals surface area contributed by atoms with E-state index in [0.717, 1.165) is 12.8 Å². The van der Waals surface area contributed by atoms with Gasteiger partial charge in [-0.3, -0.25) is 9.80 Å². The number of carbonyl (C=O) groups is 2. The van der Waals surface area contributed by atoms with E-state index in [1.165, 1.54) is 0 Å². The number of carboxylic acids is 2. The van der Waals surface area contributed by atoms with E-state index in [4.69, 9.17) is 0 Å². The van der Waals surface area contributed by atoms with Crippen molar-refractivity contribution in [3.05, 3.63) is 10.6 Å². The summed E-state index contributed by atoms with van der Waals surface area (Å²) in [6.07, 6.45) is 1.54. The monoisotopic (exact) mass is 440 g/mol. The summed E-state index contributed by atoms with van der Waals surface area (Å²) < 4.78 is 0. The normalized spacial score (nSPS) is 19.3. The molecule has 0 amide bonds. The summed E-state index contributed by atoms with van der Waals surface area (Å²) in [7, 11) is 0. The molecule has 0 unspecified atom stereocenters. The standard InChI is InChI=1S/C14H26N4O4.2Cu/c19-13(20)11-17-7-1-3-15-5-10-18(12-14(21)22)8-2-4-16-6-9-17;;/h1-12H2,(H,19,20)(H,21,22);;/q-2;2*+2/p-2/i;2*1+0. The van der Waals surface area contributed by atoms with Crippen LogP contribution in [0.2, 0.25) is 0 Å². The van der Waals surface area contributed by atoms with Gasteiger partial charge in [-0.15, -0.1) is 26.2 Å². The van der Waals surface area contributed by atoms with Crippen LogP contribution in [0.1, 0.15) is 12.8 Å². The second-order valence-electron chi connectivity index (χ2n) is 5.35. The number of rotatable bonds is 4. The van der Waals surface area contributed by atoms with Crippen LogP contribution in [0, 0.1) is 0 Å². The molecule has 0 aliphatic carbocycles. The van der Waals surface area contributed by atoms with E-state index >= 15 is 0 Å². The SMILES string of the molecule is O=C([O-])CN1CCC[N-]CCN(CC(=O)[O-])CCC[N-]CC1.[64Cu+2].[64Cu+2]. The number of carbonyl (C=O) groups excluding carboxylic acids is 2. The van der Waals surface area contributed by atoms with E-state index in [-0.39, 0.29) is 47.2 Å². The van der Waals surface area contributed by atoms with Gasteiger partial charge in [0, 0.05) is 13.1 Å². The fourth-order valence-corrected chi connectivity index (χ4v) is 2.37. The molecule has 146 valence electrons.